The molecule has 0 radical (unpaired) electrons. The number of amidine groups is 1. The first kappa shape index (κ1) is 16.9. The Labute approximate surface area is 139 Å². The van der Waals surface area contributed by atoms with Gasteiger partial charge in [0.2, 0.25) is 0 Å². The highest BCUT2D eigenvalue weighted by atomic mass is 32.2. The normalized spacial score (nSPS) is 12.5. The first-order valence-corrected chi connectivity index (χ1v) is 7.97. The van der Waals surface area contributed by atoms with Crippen molar-refractivity contribution in [1.29, 1.82) is 5.53 Å². The second-order valence-electron chi connectivity index (χ2n) is 5.03. The number of rotatable bonds is 5. The van der Waals surface area contributed by atoms with Crippen LogP contribution in [-0.4, -0.2) is 11.5 Å². The van der Waals surface area contributed by atoms with Crippen LogP contribution in [0, 0.1) is 19.4 Å². The number of nitrogens with one attached hydrogen (secondary N) is 2. The molecule has 0 bridgehead atoms. The number of nitrogens with zero attached hydrogens (tertiary/aromatic N) is 2. The standard InChI is InChI=1S/C17H18N4OS/c1-12-8-9-13(2)15(10-12)19-17(20-21-18)23-16(11-22)14-6-4-3-5-7-14/h3-11,16H,1-2H3,(H2,18,19,20). The largest absolute Gasteiger partial charge is 0.333 e. The molecule has 0 fully saturated rings. The van der Waals surface area contributed by atoms with E-state index in [-0.39, 0.29) is 0 Å². The first-order valence-electron chi connectivity index (χ1n) is 7.09. The van der Waals surface area contributed by atoms with Crippen LogP contribution in [-0.2, 0) is 4.79 Å². The summed E-state index contributed by atoms with van der Waals surface area (Å²) in [5.74, 6) is 0. The van der Waals surface area contributed by atoms with Crippen molar-refractivity contribution >= 4 is 28.9 Å². The van der Waals surface area contributed by atoms with Crippen LogP contribution in [0.1, 0.15) is 21.9 Å². The summed E-state index contributed by atoms with van der Waals surface area (Å²) in [5, 5.41) is 10.1. The monoisotopic (exact) mass is 326 g/mol. The molecule has 2 aromatic carbocycles. The highest BCUT2D eigenvalue weighted by molar-refractivity contribution is 8.14. The zero-order valence-corrected chi connectivity index (χ0v) is 13.8. The van der Waals surface area contributed by atoms with Crippen molar-refractivity contribution in [3.05, 3.63) is 65.2 Å². The van der Waals surface area contributed by atoms with Crippen LogP contribution in [0.3, 0.4) is 0 Å². The molecule has 0 saturated heterocycles. The molecule has 0 saturated carbocycles. The number of carbonyl (C=O) groups is 1. The summed E-state index contributed by atoms with van der Waals surface area (Å²) in [4.78, 5) is 11.4. The quantitative estimate of drug-likeness (QED) is 0.275. The second kappa shape index (κ2) is 8.24. The molecule has 1 unspecified atom stereocenters. The maximum atomic E-state index is 11.4. The van der Waals surface area contributed by atoms with Gasteiger partial charge in [0.25, 0.3) is 0 Å². The van der Waals surface area contributed by atoms with Crippen LogP contribution in [0.5, 0.6) is 0 Å². The van der Waals surface area contributed by atoms with Gasteiger partial charge >= 0.3 is 0 Å². The molecule has 0 aliphatic rings. The van der Waals surface area contributed by atoms with Crippen molar-refractivity contribution in [2.75, 3.05) is 5.32 Å². The molecule has 0 aliphatic heterocycles. The molecule has 0 aromatic heterocycles. The molecule has 0 heterocycles. The zero-order chi connectivity index (χ0) is 16.7. The summed E-state index contributed by atoms with van der Waals surface area (Å²) in [6, 6.07) is 15.5. The fourth-order valence-corrected chi connectivity index (χ4v) is 2.89. The highest BCUT2D eigenvalue weighted by Crippen LogP contribution is 2.29. The van der Waals surface area contributed by atoms with Crippen LogP contribution in [0.25, 0.3) is 0 Å². The van der Waals surface area contributed by atoms with Crippen molar-refractivity contribution in [2.45, 2.75) is 19.1 Å². The first-order chi connectivity index (χ1) is 11.1. The molecule has 0 amide bonds. The Hall–Kier alpha value is -2.47. The lowest BCUT2D eigenvalue weighted by atomic mass is 10.1. The van der Waals surface area contributed by atoms with Crippen molar-refractivity contribution < 1.29 is 4.79 Å². The molecule has 0 spiro atoms. The second-order valence-corrected chi connectivity index (χ2v) is 6.16. The molecule has 5 nitrogen and oxygen atoms in total. The molecular weight excluding hydrogens is 308 g/mol. The molecule has 118 valence electrons. The van der Waals surface area contributed by atoms with Gasteiger partial charge in [0, 0.05) is 5.69 Å². The molecule has 2 rings (SSSR count). The van der Waals surface area contributed by atoms with Crippen LogP contribution in [0.2, 0.25) is 0 Å². The van der Waals surface area contributed by atoms with Crippen molar-refractivity contribution in [1.82, 2.24) is 0 Å². The Bertz CT molecular complexity index is 716. The Morgan fingerprint density at radius 3 is 2.61 bits per heavy atom. The van der Waals surface area contributed by atoms with E-state index in [0.717, 1.165) is 28.7 Å². The van der Waals surface area contributed by atoms with Crippen molar-refractivity contribution in [2.24, 2.45) is 10.3 Å². The van der Waals surface area contributed by atoms with E-state index in [4.69, 9.17) is 5.53 Å². The minimum atomic E-state index is -0.408. The third-order valence-electron chi connectivity index (χ3n) is 3.27. The Balaban J connectivity index is 2.22. The predicted molar refractivity (Wildman–Crippen MR) is 95.0 cm³/mol. The number of thioether (sulfide) groups is 1. The van der Waals surface area contributed by atoms with E-state index in [1.165, 1.54) is 11.8 Å². The maximum absolute atomic E-state index is 11.4. The van der Waals surface area contributed by atoms with Gasteiger partial charge in [-0.1, -0.05) is 54.2 Å². The highest BCUT2D eigenvalue weighted by Gasteiger charge is 2.15. The number of anilines is 1. The van der Waals surface area contributed by atoms with E-state index >= 15 is 0 Å². The molecule has 0 aliphatic carbocycles. The van der Waals surface area contributed by atoms with E-state index in [1.807, 2.05) is 62.4 Å². The van der Waals surface area contributed by atoms with Crippen LogP contribution < -0.4 is 5.32 Å². The average molecular weight is 326 g/mol. The van der Waals surface area contributed by atoms with Crippen LogP contribution in [0.4, 0.5) is 5.69 Å². The average Bonchev–Trinajstić information content (AvgIpc) is 2.56. The zero-order valence-electron chi connectivity index (χ0n) is 13.0. The van der Waals surface area contributed by atoms with Gasteiger partial charge < -0.3 is 10.1 Å². The maximum Gasteiger partial charge on any atom is 0.190 e. The van der Waals surface area contributed by atoms with Crippen LogP contribution in [0.15, 0.2) is 58.9 Å². The third kappa shape index (κ3) is 4.75. The van der Waals surface area contributed by atoms with Gasteiger partial charge in [-0.25, -0.2) is 0 Å². The SMILES string of the molecule is Cc1ccc(C)c(N/C(=N\N=N)SC(C=O)c2ccccc2)c1. The van der Waals surface area contributed by atoms with Gasteiger partial charge in [-0.3, -0.25) is 0 Å². The lowest BCUT2D eigenvalue weighted by Gasteiger charge is -2.15. The van der Waals surface area contributed by atoms with Gasteiger partial charge in [0.15, 0.2) is 5.17 Å². The Morgan fingerprint density at radius 2 is 1.96 bits per heavy atom. The number of aldehydes is 1. The molecular formula is C17H18N4OS. The molecule has 2 N–H and O–H groups in total. The fourth-order valence-electron chi connectivity index (χ4n) is 2.05. The topological polar surface area (TPSA) is 77.7 Å². The van der Waals surface area contributed by atoms with Gasteiger partial charge in [-0.15, -0.1) is 5.10 Å². The van der Waals surface area contributed by atoms with Gasteiger partial charge in [-0.2, -0.15) is 5.53 Å². The number of carbonyl (C=O) groups excluding carboxylic acids is 1. The fraction of sp³-hybridized carbons (Fsp3) is 0.176. The molecule has 2 aromatic rings. The summed E-state index contributed by atoms with van der Waals surface area (Å²) in [7, 11) is 0. The van der Waals surface area contributed by atoms with E-state index in [9.17, 15) is 4.79 Å². The van der Waals surface area contributed by atoms with Gasteiger partial charge in [0.05, 0.1) is 5.25 Å². The summed E-state index contributed by atoms with van der Waals surface area (Å²) in [5.41, 5.74) is 10.9. The lowest BCUT2D eigenvalue weighted by Crippen LogP contribution is -2.12. The smallest absolute Gasteiger partial charge is 0.190 e. The van der Waals surface area contributed by atoms with Crippen LogP contribution >= 0.6 is 11.8 Å². The summed E-state index contributed by atoms with van der Waals surface area (Å²) in [6.45, 7) is 3.98. The minimum absolute atomic E-state index is 0.408. The predicted octanol–water partition coefficient (Wildman–Crippen LogP) is 4.69. The minimum Gasteiger partial charge on any atom is -0.333 e. The molecule has 23 heavy (non-hydrogen) atoms. The summed E-state index contributed by atoms with van der Waals surface area (Å²) >= 11 is 1.23. The third-order valence-corrected chi connectivity index (χ3v) is 4.31. The number of hydrogen-bond donors (Lipinski definition) is 2. The van der Waals surface area contributed by atoms with Gasteiger partial charge in [0.1, 0.15) is 6.29 Å². The van der Waals surface area contributed by atoms with Gasteiger partial charge in [-0.05, 0) is 41.8 Å². The number of aryl methyl sites for hydroxylation is 2. The van der Waals surface area contributed by atoms with E-state index in [1.54, 1.807) is 0 Å². The van der Waals surface area contributed by atoms with E-state index in [0.29, 0.717) is 5.17 Å². The Morgan fingerprint density at radius 1 is 1.22 bits per heavy atom. The van der Waals surface area contributed by atoms with Crippen molar-refractivity contribution in [3.8, 4) is 0 Å². The molecule has 6 heteroatoms. The van der Waals surface area contributed by atoms with Crippen molar-refractivity contribution in [3.63, 3.8) is 0 Å². The summed E-state index contributed by atoms with van der Waals surface area (Å²) < 4.78 is 0. The van der Waals surface area contributed by atoms with E-state index in [2.05, 4.69) is 15.6 Å². The Kier molecular flexibility index (Phi) is 6.05. The number of hydrogen-bond acceptors (Lipinski definition) is 4. The lowest BCUT2D eigenvalue weighted by molar-refractivity contribution is -0.107. The molecule has 1 atom stereocenters. The summed E-state index contributed by atoms with van der Waals surface area (Å²) in [6.07, 6.45) is 0.865. The van der Waals surface area contributed by atoms with E-state index < -0.39 is 5.25 Å². The number of benzene rings is 2.